The van der Waals surface area contributed by atoms with E-state index in [9.17, 15) is 4.79 Å². The molecule has 0 atom stereocenters. The van der Waals surface area contributed by atoms with Crippen molar-refractivity contribution in [2.24, 2.45) is 5.92 Å². The highest BCUT2D eigenvalue weighted by molar-refractivity contribution is 7.80. The molecule has 0 aliphatic rings. The summed E-state index contributed by atoms with van der Waals surface area (Å²) in [5, 5.41) is 6.19. The van der Waals surface area contributed by atoms with Gasteiger partial charge in [0.25, 0.3) is 5.91 Å². The van der Waals surface area contributed by atoms with E-state index in [-0.39, 0.29) is 5.91 Å². The van der Waals surface area contributed by atoms with Crippen LogP contribution >= 0.6 is 12.2 Å². The average Bonchev–Trinajstić information content (AvgIpc) is 2.58. The summed E-state index contributed by atoms with van der Waals surface area (Å²) in [5.41, 5.74) is 0.573. The Hall–Kier alpha value is -1.62. The Bertz CT molecular complexity index is 515. The summed E-state index contributed by atoms with van der Waals surface area (Å²) in [7, 11) is 0. The first-order valence-corrected chi connectivity index (χ1v) is 9.75. The smallest absolute Gasteiger partial charge is 0.257 e. The maximum atomic E-state index is 12.2. The van der Waals surface area contributed by atoms with Gasteiger partial charge in [0.1, 0.15) is 5.75 Å². The Morgan fingerprint density at radius 2 is 1.80 bits per heavy atom. The van der Waals surface area contributed by atoms with E-state index in [1.165, 1.54) is 25.7 Å². The second-order valence-corrected chi connectivity index (χ2v) is 7.09. The number of benzene rings is 1. The number of ether oxygens (including phenoxy) is 1. The molecule has 0 unspecified atom stereocenters. The van der Waals surface area contributed by atoms with Gasteiger partial charge in [0.2, 0.25) is 0 Å². The zero-order valence-electron chi connectivity index (χ0n) is 15.8. The Kier molecular flexibility index (Phi) is 10.9. The number of carbonyl (C=O) groups is 1. The third-order valence-electron chi connectivity index (χ3n) is 3.87. The summed E-state index contributed by atoms with van der Waals surface area (Å²) in [6.07, 6.45) is 7.04. The van der Waals surface area contributed by atoms with Gasteiger partial charge >= 0.3 is 0 Å². The van der Waals surface area contributed by atoms with E-state index in [2.05, 4.69) is 31.4 Å². The van der Waals surface area contributed by atoms with Crippen LogP contribution in [0.4, 0.5) is 0 Å². The summed E-state index contributed by atoms with van der Waals surface area (Å²) in [6.45, 7) is 8.02. The van der Waals surface area contributed by atoms with Crippen molar-refractivity contribution in [2.75, 3.05) is 13.2 Å². The molecule has 5 heteroatoms. The quantitative estimate of drug-likeness (QED) is 0.442. The predicted octanol–water partition coefficient (Wildman–Crippen LogP) is 4.69. The number of nitrogens with one attached hydrogen (secondary N) is 2. The highest BCUT2D eigenvalue weighted by atomic mass is 32.1. The van der Waals surface area contributed by atoms with Crippen molar-refractivity contribution in [3.63, 3.8) is 0 Å². The lowest BCUT2D eigenvalue weighted by atomic mass is 10.1. The fraction of sp³-hybridized carbons (Fsp3) is 0.600. The van der Waals surface area contributed by atoms with E-state index in [4.69, 9.17) is 17.0 Å². The van der Waals surface area contributed by atoms with Gasteiger partial charge in [-0.25, -0.2) is 0 Å². The maximum absolute atomic E-state index is 12.2. The summed E-state index contributed by atoms with van der Waals surface area (Å²) in [5.74, 6) is 1.20. The lowest BCUT2D eigenvalue weighted by molar-refractivity contribution is 0.0976. The molecule has 0 bridgehead atoms. The van der Waals surface area contributed by atoms with Crippen molar-refractivity contribution < 1.29 is 9.53 Å². The molecule has 0 aromatic heterocycles. The number of amides is 1. The SMILES string of the molecule is CCCCCCCNC(=S)NC(=O)c1ccc(OCCC(C)C)cc1. The van der Waals surface area contributed by atoms with Crippen LogP contribution in [0.2, 0.25) is 0 Å². The van der Waals surface area contributed by atoms with Crippen molar-refractivity contribution in [3.8, 4) is 5.75 Å². The Balaban J connectivity index is 2.28. The van der Waals surface area contributed by atoms with Gasteiger partial charge in [0.15, 0.2) is 5.11 Å². The van der Waals surface area contributed by atoms with Crippen LogP contribution in [0, 0.1) is 5.92 Å². The summed E-state index contributed by atoms with van der Waals surface area (Å²) in [4.78, 5) is 12.2. The first kappa shape index (κ1) is 21.4. The molecule has 1 amide bonds. The van der Waals surface area contributed by atoms with Crippen molar-refractivity contribution in [3.05, 3.63) is 29.8 Å². The highest BCUT2D eigenvalue weighted by Crippen LogP contribution is 2.13. The van der Waals surface area contributed by atoms with Gasteiger partial charge < -0.3 is 10.1 Å². The molecule has 25 heavy (non-hydrogen) atoms. The van der Waals surface area contributed by atoms with Gasteiger partial charge in [-0.05, 0) is 55.2 Å². The maximum Gasteiger partial charge on any atom is 0.257 e. The largest absolute Gasteiger partial charge is 0.494 e. The molecule has 0 fully saturated rings. The van der Waals surface area contributed by atoms with Crippen LogP contribution in [0.1, 0.15) is 69.7 Å². The minimum absolute atomic E-state index is 0.197. The van der Waals surface area contributed by atoms with Crippen LogP contribution in [-0.4, -0.2) is 24.2 Å². The monoisotopic (exact) mass is 364 g/mol. The second kappa shape index (κ2) is 12.7. The second-order valence-electron chi connectivity index (χ2n) is 6.68. The topological polar surface area (TPSA) is 50.4 Å². The third-order valence-corrected chi connectivity index (χ3v) is 4.12. The predicted molar refractivity (Wildman–Crippen MR) is 108 cm³/mol. The number of carbonyl (C=O) groups excluding carboxylic acids is 1. The summed E-state index contributed by atoms with van der Waals surface area (Å²) >= 11 is 5.17. The number of unbranched alkanes of at least 4 members (excludes halogenated alkanes) is 4. The molecule has 1 aromatic carbocycles. The number of hydrogen-bond acceptors (Lipinski definition) is 3. The van der Waals surface area contributed by atoms with Gasteiger partial charge in [-0.2, -0.15) is 0 Å². The zero-order valence-corrected chi connectivity index (χ0v) is 16.6. The van der Waals surface area contributed by atoms with Gasteiger partial charge in [0.05, 0.1) is 6.61 Å². The van der Waals surface area contributed by atoms with Crippen molar-refractivity contribution in [1.29, 1.82) is 0 Å². The molecule has 1 aromatic rings. The molecule has 0 spiro atoms. The third kappa shape index (κ3) is 10.1. The standard InChI is InChI=1S/C20H32N2O2S/c1-4-5-6-7-8-14-21-20(25)22-19(23)17-9-11-18(12-10-17)24-15-13-16(2)3/h9-12,16H,4-8,13-15H2,1-3H3,(H2,21,22,23,25). The van der Waals surface area contributed by atoms with Crippen LogP contribution in [0.15, 0.2) is 24.3 Å². The van der Waals surface area contributed by atoms with Crippen LogP contribution < -0.4 is 15.4 Å². The fourth-order valence-electron chi connectivity index (χ4n) is 2.26. The molecule has 140 valence electrons. The van der Waals surface area contributed by atoms with E-state index in [1.54, 1.807) is 12.1 Å². The van der Waals surface area contributed by atoms with Crippen molar-refractivity contribution in [2.45, 2.75) is 59.3 Å². The van der Waals surface area contributed by atoms with Gasteiger partial charge in [-0.15, -0.1) is 0 Å². The molecule has 0 aliphatic heterocycles. The molecule has 0 saturated heterocycles. The van der Waals surface area contributed by atoms with E-state index >= 15 is 0 Å². The van der Waals surface area contributed by atoms with Crippen LogP contribution in [0.5, 0.6) is 5.75 Å². The minimum atomic E-state index is -0.197. The zero-order chi connectivity index (χ0) is 18.5. The molecule has 0 radical (unpaired) electrons. The van der Waals surface area contributed by atoms with Crippen LogP contribution in [-0.2, 0) is 0 Å². The normalized spacial score (nSPS) is 10.6. The Labute approximate surface area is 157 Å². The molecule has 0 aliphatic carbocycles. The van der Waals surface area contributed by atoms with E-state index < -0.39 is 0 Å². The molecular formula is C20H32N2O2S. The molecule has 0 saturated carbocycles. The van der Waals surface area contributed by atoms with E-state index in [0.717, 1.165) is 25.1 Å². The highest BCUT2D eigenvalue weighted by Gasteiger charge is 2.08. The molecule has 1 rings (SSSR count). The molecule has 2 N–H and O–H groups in total. The van der Waals surface area contributed by atoms with Crippen LogP contribution in [0.25, 0.3) is 0 Å². The number of hydrogen-bond donors (Lipinski definition) is 2. The van der Waals surface area contributed by atoms with Crippen LogP contribution in [0.3, 0.4) is 0 Å². The fourth-order valence-corrected chi connectivity index (χ4v) is 2.46. The minimum Gasteiger partial charge on any atom is -0.494 e. The van der Waals surface area contributed by atoms with Crippen molar-refractivity contribution >= 4 is 23.2 Å². The molecule has 4 nitrogen and oxygen atoms in total. The van der Waals surface area contributed by atoms with Crippen molar-refractivity contribution in [1.82, 2.24) is 10.6 Å². The van der Waals surface area contributed by atoms with Gasteiger partial charge in [-0.3, -0.25) is 10.1 Å². The Morgan fingerprint density at radius 3 is 2.44 bits per heavy atom. The average molecular weight is 365 g/mol. The summed E-state index contributed by atoms with van der Waals surface area (Å²) in [6, 6.07) is 7.15. The first-order chi connectivity index (χ1) is 12.0. The molecular weight excluding hydrogens is 332 g/mol. The Morgan fingerprint density at radius 1 is 1.12 bits per heavy atom. The first-order valence-electron chi connectivity index (χ1n) is 9.35. The summed E-state index contributed by atoms with van der Waals surface area (Å²) < 4.78 is 5.66. The molecule has 0 heterocycles. The van der Waals surface area contributed by atoms with E-state index in [0.29, 0.717) is 23.2 Å². The number of rotatable bonds is 11. The van der Waals surface area contributed by atoms with E-state index in [1.807, 2.05) is 12.1 Å². The van der Waals surface area contributed by atoms with Gasteiger partial charge in [0, 0.05) is 12.1 Å². The lowest BCUT2D eigenvalue weighted by Gasteiger charge is -2.10. The van der Waals surface area contributed by atoms with Gasteiger partial charge in [-0.1, -0.05) is 46.5 Å². The number of thiocarbonyl (C=S) groups is 1. The lowest BCUT2D eigenvalue weighted by Crippen LogP contribution is -2.39.